The molecule has 1 aliphatic rings. The molecule has 0 aliphatic carbocycles. The van der Waals surface area contributed by atoms with Gasteiger partial charge in [-0.15, -0.1) is 0 Å². The lowest BCUT2D eigenvalue weighted by Crippen LogP contribution is -2.38. The largest absolute Gasteiger partial charge is 0.477 e. The normalized spacial score (nSPS) is 14.3. The molecule has 1 fully saturated rings. The Balaban J connectivity index is 2.14. The van der Waals surface area contributed by atoms with Gasteiger partial charge in [0.25, 0.3) is 5.91 Å². The van der Waals surface area contributed by atoms with E-state index in [2.05, 4.69) is 5.32 Å². The van der Waals surface area contributed by atoms with Crippen LogP contribution in [-0.4, -0.2) is 52.0 Å². The van der Waals surface area contributed by atoms with Gasteiger partial charge < -0.3 is 19.9 Å². The first-order valence-electron chi connectivity index (χ1n) is 7.86. The van der Waals surface area contributed by atoms with Crippen LogP contribution >= 0.6 is 0 Å². The average molecular weight is 335 g/mol. The van der Waals surface area contributed by atoms with Crippen molar-refractivity contribution in [3.8, 4) is 0 Å². The molecule has 0 unspecified atom stereocenters. The van der Waals surface area contributed by atoms with E-state index in [0.29, 0.717) is 19.5 Å². The summed E-state index contributed by atoms with van der Waals surface area (Å²) in [5.74, 6) is -1.95. The lowest BCUT2D eigenvalue weighted by atomic mass is 10.1. The van der Waals surface area contributed by atoms with Gasteiger partial charge in [-0.2, -0.15) is 0 Å². The fourth-order valence-electron chi connectivity index (χ4n) is 2.55. The van der Waals surface area contributed by atoms with Crippen LogP contribution in [0.5, 0.6) is 0 Å². The first-order chi connectivity index (χ1) is 11.3. The Labute approximate surface area is 139 Å². The van der Waals surface area contributed by atoms with Crippen LogP contribution in [0.3, 0.4) is 0 Å². The van der Waals surface area contributed by atoms with E-state index in [9.17, 15) is 19.2 Å². The number of pyridine rings is 1. The molecule has 2 amide bonds. The van der Waals surface area contributed by atoms with Gasteiger partial charge in [-0.1, -0.05) is 0 Å². The number of nitrogens with zero attached hydrogens (tertiary/aromatic N) is 2. The Hall–Kier alpha value is -2.64. The van der Waals surface area contributed by atoms with Gasteiger partial charge in [0, 0.05) is 44.5 Å². The number of rotatable bonds is 6. The van der Waals surface area contributed by atoms with E-state index in [1.807, 2.05) is 13.8 Å². The number of amides is 2. The second-order valence-corrected chi connectivity index (χ2v) is 6.00. The molecule has 1 saturated heterocycles. The van der Waals surface area contributed by atoms with Gasteiger partial charge in [0.1, 0.15) is 11.1 Å². The predicted octanol–water partition coefficient (Wildman–Crippen LogP) is 0.480. The van der Waals surface area contributed by atoms with E-state index in [1.165, 1.54) is 17.0 Å². The highest BCUT2D eigenvalue weighted by Crippen LogP contribution is 2.09. The van der Waals surface area contributed by atoms with Crippen LogP contribution in [0.4, 0.5) is 0 Å². The highest BCUT2D eigenvalue weighted by atomic mass is 16.4. The van der Waals surface area contributed by atoms with Gasteiger partial charge in [0.15, 0.2) is 0 Å². The minimum absolute atomic E-state index is 0.0549. The number of hydrogen-bond donors (Lipinski definition) is 2. The number of carboxylic acid groups (broad SMARTS) is 1. The quantitative estimate of drug-likeness (QED) is 0.786. The summed E-state index contributed by atoms with van der Waals surface area (Å²) in [6.07, 6.45) is 3.92. The van der Waals surface area contributed by atoms with Crippen molar-refractivity contribution in [2.45, 2.75) is 32.7 Å². The van der Waals surface area contributed by atoms with Crippen LogP contribution in [0.25, 0.3) is 0 Å². The third-order valence-corrected chi connectivity index (χ3v) is 3.96. The van der Waals surface area contributed by atoms with E-state index in [4.69, 9.17) is 5.11 Å². The van der Waals surface area contributed by atoms with Crippen molar-refractivity contribution in [2.75, 3.05) is 19.6 Å². The molecule has 0 atom stereocenters. The SMILES string of the molecule is CC(C)n1cc(C(=O)O)c(=O)c(C(=O)NCCN2CCCC2=O)c1. The van der Waals surface area contributed by atoms with Crippen molar-refractivity contribution in [1.82, 2.24) is 14.8 Å². The van der Waals surface area contributed by atoms with Crippen molar-refractivity contribution in [3.63, 3.8) is 0 Å². The summed E-state index contributed by atoms with van der Waals surface area (Å²) < 4.78 is 1.52. The van der Waals surface area contributed by atoms with Gasteiger partial charge in [0.2, 0.25) is 11.3 Å². The molecule has 1 aromatic heterocycles. The standard InChI is InChI=1S/C16H21N3O5/c1-10(2)19-8-11(14(21)12(9-19)16(23)24)15(22)17-5-7-18-6-3-4-13(18)20/h8-10H,3-7H2,1-2H3,(H,17,22)(H,23,24). The fraction of sp³-hybridized carbons (Fsp3) is 0.500. The van der Waals surface area contributed by atoms with Crippen molar-refractivity contribution in [3.05, 3.63) is 33.7 Å². The van der Waals surface area contributed by atoms with Crippen LogP contribution in [0.1, 0.15) is 53.4 Å². The Bertz CT molecular complexity index is 723. The maximum Gasteiger partial charge on any atom is 0.341 e. The van der Waals surface area contributed by atoms with Gasteiger partial charge in [-0.25, -0.2) is 4.79 Å². The summed E-state index contributed by atoms with van der Waals surface area (Å²) in [7, 11) is 0. The summed E-state index contributed by atoms with van der Waals surface area (Å²) >= 11 is 0. The Morgan fingerprint density at radius 1 is 1.25 bits per heavy atom. The van der Waals surface area contributed by atoms with E-state index in [0.717, 1.165) is 6.42 Å². The summed E-state index contributed by atoms with van der Waals surface area (Å²) in [6, 6.07) is -0.0996. The molecule has 2 N–H and O–H groups in total. The summed E-state index contributed by atoms with van der Waals surface area (Å²) in [6.45, 7) is 4.89. The second-order valence-electron chi connectivity index (χ2n) is 6.00. The van der Waals surface area contributed by atoms with Gasteiger partial charge in [-0.05, 0) is 20.3 Å². The molecule has 0 saturated carbocycles. The van der Waals surface area contributed by atoms with Crippen molar-refractivity contribution in [1.29, 1.82) is 0 Å². The van der Waals surface area contributed by atoms with Crippen LogP contribution < -0.4 is 10.7 Å². The van der Waals surface area contributed by atoms with Gasteiger partial charge >= 0.3 is 5.97 Å². The number of aromatic carboxylic acids is 1. The number of carboxylic acids is 1. The molecule has 2 heterocycles. The third kappa shape index (κ3) is 3.81. The second kappa shape index (κ2) is 7.29. The first-order valence-corrected chi connectivity index (χ1v) is 7.86. The van der Waals surface area contributed by atoms with Crippen LogP contribution in [0.15, 0.2) is 17.2 Å². The molecule has 1 aliphatic heterocycles. The zero-order valence-corrected chi connectivity index (χ0v) is 13.7. The van der Waals surface area contributed by atoms with Crippen molar-refractivity contribution in [2.24, 2.45) is 0 Å². The zero-order chi connectivity index (χ0) is 17.9. The number of likely N-dealkylation sites (tertiary alicyclic amines) is 1. The highest BCUT2D eigenvalue weighted by Gasteiger charge is 2.21. The molecular weight excluding hydrogens is 314 g/mol. The number of nitrogens with one attached hydrogen (secondary N) is 1. The smallest absolute Gasteiger partial charge is 0.341 e. The maximum atomic E-state index is 12.2. The highest BCUT2D eigenvalue weighted by molar-refractivity contribution is 5.96. The zero-order valence-electron chi connectivity index (χ0n) is 13.7. The minimum Gasteiger partial charge on any atom is -0.477 e. The van der Waals surface area contributed by atoms with E-state index >= 15 is 0 Å². The Morgan fingerprint density at radius 2 is 1.92 bits per heavy atom. The summed E-state index contributed by atoms with van der Waals surface area (Å²) in [5, 5.41) is 11.7. The molecule has 0 radical (unpaired) electrons. The number of hydrogen-bond acceptors (Lipinski definition) is 4. The topological polar surface area (TPSA) is 109 Å². The van der Waals surface area contributed by atoms with Crippen molar-refractivity contribution >= 4 is 17.8 Å². The van der Waals surface area contributed by atoms with Crippen LogP contribution in [0.2, 0.25) is 0 Å². The predicted molar refractivity (Wildman–Crippen MR) is 86.2 cm³/mol. The lowest BCUT2D eigenvalue weighted by molar-refractivity contribution is -0.127. The molecule has 1 aromatic rings. The molecule has 0 spiro atoms. The van der Waals surface area contributed by atoms with E-state index in [-0.39, 0.29) is 24.1 Å². The summed E-state index contributed by atoms with van der Waals surface area (Å²) in [5.41, 5.74) is -1.46. The number of aromatic nitrogens is 1. The minimum atomic E-state index is -1.37. The average Bonchev–Trinajstić information content (AvgIpc) is 2.92. The molecule has 2 rings (SSSR count). The van der Waals surface area contributed by atoms with Gasteiger partial charge in [-0.3, -0.25) is 14.4 Å². The lowest BCUT2D eigenvalue weighted by Gasteiger charge is -2.16. The molecule has 24 heavy (non-hydrogen) atoms. The third-order valence-electron chi connectivity index (χ3n) is 3.96. The van der Waals surface area contributed by atoms with Crippen molar-refractivity contribution < 1.29 is 19.5 Å². The first kappa shape index (κ1) is 17.7. The van der Waals surface area contributed by atoms with E-state index in [1.54, 1.807) is 4.90 Å². The molecule has 8 nitrogen and oxygen atoms in total. The molecule has 130 valence electrons. The molecule has 8 heteroatoms. The molecule has 0 aromatic carbocycles. The molecule has 0 bridgehead atoms. The van der Waals surface area contributed by atoms with Crippen LogP contribution in [0, 0.1) is 0 Å². The fourth-order valence-corrected chi connectivity index (χ4v) is 2.55. The summed E-state index contributed by atoms with van der Waals surface area (Å²) in [4.78, 5) is 48.8. The molecular formula is C16H21N3O5. The van der Waals surface area contributed by atoms with Gasteiger partial charge in [0.05, 0.1) is 0 Å². The van der Waals surface area contributed by atoms with E-state index < -0.39 is 22.9 Å². The number of carbonyl (C=O) groups excluding carboxylic acids is 2. The monoisotopic (exact) mass is 335 g/mol. The Morgan fingerprint density at radius 3 is 2.46 bits per heavy atom. The Kier molecular flexibility index (Phi) is 5.38. The maximum absolute atomic E-state index is 12.2. The van der Waals surface area contributed by atoms with Crippen LogP contribution in [-0.2, 0) is 4.79 Å². The number of carbonyl (C=O) groups is 3.